The molecule has 1 N–H and O–H groups in total. The van der Waals surface area contributed by atoms with E-state index >= 15 is 0 Å². The SMILES string of the molecule is CC(=O)Nc1ccc(C(=O)COC(=O)/C=C/c2ccc3ccccc3n2)cc1. The number of para-hydroxylation sites is 1. The molecule has 0 atom stereocenters. The summed E-state index contributed by atoms with van der Waals surface area (Å²) in [6.45, 7) is 1.03. The standard InChI is InChI=1S/C22H18N2O4/c1-15(25)23-18-10-7-17(8-11-18)21(26)14-28-22(27)13-12-19-9-6-16-4-2-3-5-20(16)24-19/h2-13H,14H2,1H3,(H,23,25)/b13-12+. The highest BCUT2D eigenvalue weighted by molar-refractivity contribution is 5.99. The highest BCUT2D eigenvalue weighted by Gasteiger charge is 2.09. The number of Topliss-reactive ketones (excluding diaryl/α,β-unsaturated/α-hetero) is 1. The topological polar surface area (TPSA) is 85.4 Å². The molecule has 0 radical (unpaired) electrons. The zero-order valence-corrected chi connectivity index (χ0v) is 15.2. The monoisotopic (exact) mass is 374 g/mol. The predicted molar refractivity (Wildman–Crippen MR) is 107 cm³/mol. The second-order valence-electron chi connectivity index (χ2n) is 6.05. The first kappa shape index (κ1) is 19.0. The minimum atomic E-state index is -0.627. The molecule has 6 nitrogen and oxygen atoms in total. The first-order valence-electron chi connectivity index (χ1n) is 8.63. The van der Waals surface area contributed by atoms with Gasteiger partial charge in [0.05, 0.1) is 11.2 Å². The van der Waals surface area contributed by atoms with Crippen LogP contribution in [0.1, 0.15) is 23.0 Å². The Morgan fingerprint density at radius 1 is 1.00 bits per heavy atom. The fraction of sp³-hybridized carbons (Fsp3) is 0.0909. The number of fused-ring (bicyclic) bond motifs is 1. The first-order valence-corrected chi connectivity index (χ1v) is 8.63. The van der Waals surface area contributed by atoms with Gasteiger partial charge < -0.3 is 10.1 Å². The zero-order valence-electron chi connectivity index (χ0n) is 15.2. The number of nitrogens with zero attached hydrogens (tertiary/aromatic N) is 1. The molecule has 0 spiro atoms. The van der Waals surface area contributed by atoms with Crippen LogP contribution >= 0.6 is 0 Å². The van der Waals surface area contributed by atoms with Crippen LogP contribution in [0.5, 0.6) is 0 Å². The number of aromatic nitrogens is 1. The molecule has 28 heavy (non-hydrogen) atoms. The summed E-state index contributed by atoms with van der Waals surface area (Å²) >= 11 is 0. The van der Waals surface area contributed by atoms with E-state index in [1.165, 1.54) is 13.0 Å². The van der Waals surface area contributed by atoms with Crippen LogP contribution < -0.4 is 5.32 Å². The maximum Gasteiger partial charge on any atom is 0.331 e. The van der Waals surface area contributed by atoms with Crippen molar-refractivity contribution in [1.82, 2.24) is 4.98 Å². The van der Waals surface area contributed by atoms with Gasteiger partial charge in [-0.25, -0.2) is 9.78 Å². The quantitative estimate of drug-likeness (QED) is 0.404. The minimum absolute atomic E-state index is 0.194. The molecular weight excluding hydrogens is 356 g/mol. The van der Waals surface area contributed by atoms with Crippen molar-refractivity contribution >= 4 is 40.3 Å². The number of pyridine rings is 1. The van der Waals surface area contributed by atoms with Gasteiger partial charge in [-0.1, -0.05) is 24.3 Å². The molecule has 0 aliphatic rings. The number of carbonyl (C=O) groups excluding carboxylic acids is 3. The molecule has 0 fully saturated rings. The molecule has 0 bridgehead atoms. The smallest absolute Gasteiger partial charge is 0.331 e. The molecule has 6 heteroatoms. The second kappa shape index (κ2) is 8.73. The summed E-state index contributed by atoms with van der Waals surface area (Å²) in [6, 6.07) is 17.7. The van der Waals surface area contributed by atoms with Crippen LogP contribution in [0.4, 0.5) is 5.69 Å². The van der Waals surface area contributed by atoms with Gasteiger partial charge in [-0.3, -0.25) is 9.59 Å². The van der Waals surface area contributed by atoms with Gasteiger partial charge in [0, 0.05) is 29.6 Å². The van der Waals surface area contributed by atoms with Crippen LogP contribution in [0.15, 0.2) is 66.7 Å². The number of anilines is 1. The van der Waals surface area contributed by atoms with E-state index < -0.39 is 5.97 Å². The summed E-state index contributed by atoms with van der Waals surface area (Å²) in [7, 11) is 0. The van der Waals surface area contributed by atoms with Crippen LogP contribution in [0.3, 0.4) is 0 Å². The second-order valence-corrected chi connectivity index (χ2v) is 6.05. The van der Waals surface area contributed by atoms with E-state index in [0.29, 0.717) is 16.9 Å². The van der Waals surface area contributed by atoms with Crippen molar-refractivity contribution in [2.45, 2.75) is 6.92 Å². The molecule has 1 heterocycles. The average Bonchev–Trinajstić information content (AvgIpc) is 2.70. The van der Waals surface area contributed by atoms with Crippen molar-refractivity contribution in [1.29, 1.82) is 0 Å². The molecular formula is C22H18N2O4. The van der Waals surface area contributed by atoms with E-state index in [2.05, 4.69) is 10.3 Å². The van der Waals surface area contributed by atoms with Crippen molar-refractivity contribution in [3.8, 4) is 0 Å². The van der Waals surface area contributed by atoms with Crippen molar-refractivity contribution in [3.63, 3.8) is 0 Å². The fourth-order valence-electron chi connectivity index (χ4n) is 2.54. The predicted octanol–water partition coefficient (Wildman–Crippen LogP) is 3.63. The fourth-order valence-corrected chi connectivity index (χ4v) is 2.54. The summed E-state index contributed by atoms with van der Waals surface area (Å²) in [5.41, 5.74) is 2.43. The van der Waals surface area contributed by atoms with Crippen LogP contribution in [-0.4, -0.2) is 29.3 Å². The van der Waals surface area contributed by atoms with Crippen LogP contribution in [0.2, 0.25) is 0 Å². The Morgan fingerprint density at radius 3 is 2.50 bits per heavy atom. The molecule has 0 aliphatic carbocycles. The van der Waals surface area contributed by atoms with Crippen LogP contribution in [0, 0.1) is 0 Å². The number of hydrogen-bond donors (Lipinski definition) is 1. The number of benzene rings is 2. The molecule has 1 amide bonds. The van der Waals surface area contributed by atoms with Gasteiger partial charge in [0.1, 0.15) is 0 Å². The van der Waals surface area contributed by atoms with Crippen molar-refractivity contribution in [2.24, 2.45) is 0 Å². The molecule has 140 valence electrons. The Bertz CT molecular complexity index is 1060. The molecule has 1 aromatic heterocycles. The number of ketones is 1. The van der Waals surface area contributed by atoms with E-state index in [1.807, 2.05) is 30.3 Å². The van der Waals surface area contributed by atoms with Gasteiger partial charge in [0.25, 0.3) is 0 Å². The van der Waals surface area contributed by atoms with Gasteiger partial charge >= 0.3 is 5.97 Å². The summed E-state index contributed by atoms with van der Waals surface area (Å²) in [5, 5.41) is 3.63. The molecule has 0 saturated heterocycles. The minimum Gasteiger partial charge on any atom is -0.454 e. The molecule has 0 saturated carbocycles. The summed E-state index contributed by atoms with van der Waals surface area (Å²) in [6.07, 6.45) is 2.78. The summed E-state index contributed by atoms with van der Waals surface area (Å²) in [4.78, 5) is 39.4. The third-order valence-electron chi connectivity index (χ3n) is 3.88. The third-order valence-corrected chi connectivity index (χ3v) is 3.88. The zero-order chi connectivity index (χ0) is 19.9. The largest absolute Gasteiger partial charge is 0.454 e. The Morgan fingerprint density at radius 2 is 1.75 bits per heavy atom. The molecule has 3 rings (SSSR count). The first-order chi connectivity index (χ1) is 13.5. The maximum absolute atomic E-state index is 12.1. The highest BCUT2D eigenvalue weighted by atomic mass is 16.5. The number of esters is 1. The van der Waals surface area contributed by atoms with E-state index in [0.717, 1.165) is 10.9 Å². The van der Waals surface area contributed by atoms with Crippen molar-refractivity contribution < 1.29 is 19.1 Å². The number of amides is 1. The van der Waals surface area contributed by atoms with E-state index in [-0.39, 0.29) is 18.3 Å². The van der Waals surface area contributed by atoms with Gasteiger partial charge in [-0.05, 0) is 42.5 Å². The Labute approximate surface area is 161 Å². The number of carbonyl (C=O) groups is 3. The number of ether oxygens (including phenoxy) is 1. The van der Waals surface area contributed by atoms with Crippen LogP contribution in [-0.2, 0) is 14.3 Å². The van der Waals surface area contributed by atoms with Crippen molar-refractivity contribution in [3.05, 3.63) is 78.0 Å². The van der Waals surface area contributed by atoms with E-state index in [4.69, 9.17) is 4.74 Å². The third kappa shape index (κ3) is 5.11. The Hall–Kier alpha value is -3.80. The summed E-state index contributed by atoms with van der Waals surface area (Å²) < 4.78 is 4.99. The van der Waals surface area contributed by atoms with Gasteiger partial charge in [-0.15, -0.1) is 0 Å². The number of hydrogen-bond acceptors (Lipinski definition) is 5. The van der Waals surface area contributed by atoms with Gasteiger partial charge in [0.2, 0.25) is 5.91 Å². The molecule has 2 aromatic carbocycles. The lowest BCUT2D eigenvalue weighted by Crippen LogP contribution is -2.13. The lowest BCUT2D eigenvalue weighted by molar-refractivity contribution is -0.136. The van der Waals surface area contributed by atoms with Gasteiger partial charge in [0.15, 0.2) is 12.4 Å². The highest BCUT2D eigenvalue weighted by Crippen LogP contribution is 2.13. The van der Waals surface area contributed by atoms with Gasteiger partial charge in [-0.2, -0.15) is 0 Å². The lowest BCUT2D eigenvalue weighted by Gasteiger charge is -2.04. The Kier molecular flexibility index (Phi) is 5.91. The molecule has 3 aromatic rings. The lowest BCUT2D eigenvalue weighted by atomic mass is 10.1. The summed E-state index contributed by atoms with van der Waals surface area (Å²) in [5.74, 6) is -1.15. The van der Waals surface area contributed by atoms with E-state index in [9.17, 15) is 14.4 Å². The molecule has 0 unspecified atom stereocenters. The van der Waals surface area contributed by atoms with E-state index in [1.54, 1.807) is 36.4 Å². The maximum atomic E-state index is 12.1. The Balaban J connectivity index is 1.54. The molecule has 0 aliphatic heterocycles. The normalized spacial score (nSPS) is 10.8. The average molecular weight is 374 g/mol. The number of rotatable bonds is 6. The number of nitrogens with one attached hydrogen (secondary N) is 1. The van der Waals surface area contributed by atoms with Crippen LogP contribution in [0.25, 0.3) is 17.0 Å². The van der Waals surface area contributed by atoms with Crippen molar-refractivity contribution in [2.75, 3.05) is 11.9 Å².